The molecule has 0 aliphatic carbocycles. The van der Waals surface area contributed by atoms with Crippen molar-refractivity contribution in [3.63, 3.8) is 0 Å². The molecule has 0 rings (SSSR count). The number of unbranched alkanes of at least 4 members (excludes halogenated alkanes) is 1. The van der Waals surface area contributed by atoms with E-state index in [0.29, 0.717) is 12.3 Å². The standard InChI is InChI=1S/C15H28F3NO2/c1-4-5-7-12(2)8-9-13(20)19-11-6-10-14(3,21)15(16,17)18/h12,21H,4-11H2,1-3H3,(H,19,20). The molecular formula is C15H28F3NO2. The van der Waals surface area contributed by atoms with E-state index in [1.165, 1.54) is 0 Å². The lowest BCUT2D eigenvalue weighted by atomic mass is 9.98. The smallest absolute Gasteiger partial charge is 0.381 e. The van der Waals surface area contributed by atoms with Crippen molar-refractivity contribution in [2.75, 3.05) is 6.54 Å². The van der Waals surface area contributed by atoms with Crippen LogP contribution in [0, 0.1) is 5.92 Å². The number of carbonyl (C=O) groups is 1. The summed E-state index contributed by atoms with van der Waals surface area (Å²) in [5.74, 6) is 0.353. The molecule has 0 aliphatic heterocycles. The van der Waals surface area contributed by atoms with Crippen LogP contribution in [0.4, 0.5) is 13.2 Å². The summed E-state index contributed by atoms with van der Waals surface area (Å²) in [6, 6.07) is 0. The van der Waals surface area contributed by atoms with Gasteiger partial charge in [-0.2, -0.15) is 13.2 Å². The van der Waals surface area contributed by atoms with E-state index in [-0.39, 0.29) is 18.9 Å². The largest absolute Gasteiger partial charge is 0.416 e. The van der Waals surface area contributed by atoms with E-state index in [4.69, 9.17) is 0 Å². The highest BCUT2D eigenvalue weighted by Gasteiger charge is 2.48. The Morgan fingerprint density at radius 2 is 1.86 bits per heavy atom. The SMILES string of the molecule is CCCCC(C)CCC(=O)NCCCC(C)(O)C(F)(F)F. The van der Waals surface area contributed by atoms with Crippen LogP contribution in [-0.4, -0.2) is 29.3 Å². The molecule has 0 fully saturated rings. The van der Waals surface area contributed by atoms with Gasteiger partial charge in [-0.3, -0.25) is 4.79 Å². The third kappa shape index (κ3) is 8.96. The third-order valence-corrected chi connectivity index (χ3v) is 3.69. The first-order valence-electron chi connectivity index (χ1n) is 7.66. The molecule has 0 bridgehead atoms. The van der Waals surface area contributed by atoms with Gasteiger partial charge in [0.25, 0.3) is 0 Å². The van der Waals surface area contributed by atoms with Crippen molar-refractivity contribution in [1.29, 1.82) is 0 Å². The van der Waals surface area contributed by atoms with Crippen LogP contribution < -0.4 is 5.32 Å². The van der Waals surface area contributed by atoms with Crippen LogP contribution in [0.15, 0.2) is 0 Å². The second-order valence-electron chi connectivity index (χ2n) is 6.01. The van der Waals surface area contributed by atoms with Crippen molar-refractivity contribution in [2.24, 2.45) is 5.92 Å². The Bertz CT molecular complexity index is 304. The van der Waals surface area contributed by atoms with Gasteiger partial charge in [-0.05, 0) is 32.1 Å². The Hall–Kier alpha value is -0.780. The highest BCUT2D eigenvalue weighted by molar-refractivity contribution is 5.75. The number of hydrogen-bond acceptors (Lipinski definition) is 2. The number of aliphatic hydroxyl groups is 1. The van der Waals surface area contributed by atoms with E-state index in [1.54, 1.807) is 0 Å². The highest BCUT2D eigenvalue weighted by atomic mass is 19.4. The molecule has 2 atom stereocenters. The molecule has 1 amide bonds. The fraction of sp³-hybridized carbons (Fsp3) is 0.933. The molecule has 2 N–H and O–H groups in total. The first-order valence-corrected chi connectivity index (χ1v) is 7.66. The molecule has 6 heteroatoms. The van der Waals surface area contributed by atoms with Gasteiger partial charge in [0.2, 0.25) is 5.91 Å². The second kappa shape index (κ2) is 9.28. The van der Waals surface area contributed by atoms with Gasteiger partial charge in [-0.15, -0.1) is 0 Å². The first-order chi connectivity index (χ1) is 9.60. The molecule has 0 spiro atoms. The van der Waals surface area contributed by atoms with Crippen molar-refractivity contribution >= 4 is 5.91 Å². The zero-order valence-corrected chi connectivity index (χ0v) is 13.2. The molecule has 21 heavy (non-hydrogen) atoms. The van der Waals surface area contributed by atoms with Crippen LogP contribution in [-0.2, 0) is 4.79 Å². The average Bonchev–Trinajstić information content (AvgIpc) is 2.37. The van der Waals surface area contributed by atoms with Crippen LogP contribution in [0.5, 0.6) is 0 Å². The van der Waals surface area contributed by atoms with Gasteiger partial charge in [0, 0.05) is 13.0 Å². The number of rotatable bonds is 10. The molecule has 0 aliphatic rings. The monoisotopic (exact) mass is 311 g/mol. The molecule has 0 radical (unpaired) electrons. The lowest BCUT2D eigenvalue weighted by Gasteiger charge is -2.26. The number of carbonyl (C=O) groups excluding carboxylic acids is 1. The number of nitrogens with one attached hydrogen (secondary N) is 1. The maximum Gasteiger partial charge on any atom is 0.416 e. The number of halogens is 3. The zero-order valence-electron chi connectivity index (χ0n) is 13.2. The Balaban J connectivity index is 3.76. The second-order valence-corrected chi connectivity index (χ2v) is 6.01. The van der Waals surface area contributed by atoms with Gasteiger partial charge in [0.15, 0.2) is 5.60 Å². The summed E-state index contributed by atoms with van der Waals surface area (Å²) in [6.07, 6.45) is -0.366. The van der Waals surface area contributed by atoms with Gasteiger partial charge in [-0.25, -0.2) is 0 Å². The van der Waals surface area contributed by atoms with Crippen molar-refractivity contribution < 1.29 is 23.1 Å². The van der Waals surface area contributed by atoms with Gasteiger partial charge in [-0.1, -0.05) is 33.1 Å². The molecule has 3 nitrogen and oxygen atoms in total. The molecule has 0 saturated carbocycles. The van der Waals surface area contributed by atoms with Crippen molar-refractivity contribution in [2.45, 2.75) is 77.5 Å². The fourth-order valence-corrected chi connectivity index (χ4v) is 1.96. The lowest BCUT2D eigenvalue weighted by Crippen LogP contribution is -2.42. The van der Waals surface area contributed by atoms with Gasteiger partial charge in [0.05, 0.1) is 0 Å². The summed E-state index contributed by atoms with van der Waals surface area (Å²) in [6.45, 7) is 5.14. The molecule has 0 heterocycles. The summed E-state index contributed by atoms with van der Waals surface area (Å²) in [7, 11) is 0. The summed E-state index contributed by atoms with van der Waals surface area (Å²) in [4.78, 5) is 11.5. The molecule has 0 aromatic carbocycles. The predicted molar refractivity (Wildman–Crippen MR) is 76.8 cm³/mol. The summed E-state index contributed by atoms with van der Waals surface area (Å²) in [5, 5.41) is 11.8. The van der Waals surface area contributed by atoms with Crippen LogP contribution in [0.25, 0.3) is 0 Å². The maximum atomic E-state index is 12.4. The maximum absolute atomic E-state index is 12.4. The summed E-state index contributed by atoms with van der Waals surface area (Å²) in [5.41, 5.74) is -2.69. The Morgan fingerprint density at radius 1 is 1.24 bits per heavy atom. The number of amides is 1. The van der Waals surface area contributed by atoms with Gasteiger partial charge in [0.1, 0.15) is 0 Å². The van der Waals surface area contributed by atoms with Crippen LogP contribution >= 0.6 is 0 Å². The molecular weight excluding hydrogens is 283 g/mol. The lowest BCUT2D eigenvalue weighted by molar-refractivity contribution is -0.255. The zero-order chi connectivity index (χ0) is 16.5. The van der Waals surface area contributed by atoms with Gasteiger partial charge >= 0.3 is 6.18 Å². The first kappa shape index (κ1) is 20.2. The fourth-order valence-electron chi connectivity index (χ4n) is 1.96. The Labute approximate surface area is 125 Å². The topological polar surface area (TPSA) is 49.3 Å². The van der Waals surface area contributed by atoms with Crippen molar-refractivity contribution in [3.8, 4) is 0 Å². The Morgan fingerprint density at radius 3 is 2.38 bits per heavy atom. The normalized spacial score (nSPS) is 16.3. The third-order valence-electron chi connectivity index (χ3n) is 3.69. The Kier molecular flexibility index (Phi) is 8.94. The average molecular weight is 311 g/mol. The van der Waals surface area contributed by atoms with Crippen molar-refractivity contribution in [1.82, 2.24) is 5.32 Å². The van der Waals surface area contributed by atoms with Gasteiger partial charge < -0.3 is 10.4 Å². The predicted octanol–water partition coefficient (Wildman–Crippen LogP) is 3.80. The molecule has 0 saturated heterocycles. The highest BCUT2D eigenvalue weighted by Crippen LogP contribution is 2.33. The van der Waals surface area contributed by atoms with E-state index in [0.717, 1.165) is 32.6 Å². The van der Waals surface area contributed by atoms with E-state index in [9.17, 15) is 23.1 Å². The molecule has 0 aromatic rings. The van der Waals surface area contributed by atoms with E-state index >= 15 is 0 Å². The minimum Gasteiger partial charge on any atom is -0.381 e. The van der Waals surface area contributed by atoms with E-state index in [2.05, 4.69) is 19.2 Å². The number of alkyl halides is 3. The molecule has 0 aromatic heterocycles. The van der Waals surface area contributed by atoms with E-state index < -0.39 is 18.2 Å². The van der Waals surface area contributed by atoms with Crippen LogP contribution in [0.3, 0.4) is 0 Å². The van der Waals surface area contributed by atoms with Crippen molar-refractivity contribution in [3.05, 3.63) is 0 Å². The van der Waals surface area contributed by atoms with Crippen LogP contribution in [0.2, 0.25) is 0 Å². The molecule has 2 unspecified atom stereocenters. The van der Waals surface area contributed by atoms with E-state index in [1.807, 2.05) is 0 Å². The van der Waals surface area contributed by atoms with Crippen LogP contribution in [0.1, 0.15) is 65.7 Å². The summed E-state index contributed by atoms with van der Waals surface area (Å²) >= 11 is 0. The summed E-state index contributed by atoms with van der Waals surface area (Å²) < 4.78 is 37.2. The quantitative estimate of drug-likeness (QED) is 0.603. The minimum atomic E-state index is -4.63. The number of hydrogen-bond donors (Lipinski definition) is 2. The minimum absolute atomic E-state index is 0.101. The molecule has 126 valence electrons.